The fourth-order valence-corrected chi connectivity index (χ4v) is 4.67. The lowest BCUT2D eigenvalue weighted by Gasteiger charge is -2.38. The average molecular weight is 429 g/mol. The van der Waals surface area contributed by atoms with Crippen molar-refractivity contribution in [3.05, 3.63) is 23.8 Å². The Bertz CT molecular complexity index is 940. The molecule has 2 aliphatic heterocycles. The Kier molecular flexibility index (Phi) is 5.14. The number of carbonyl (C=O) groups excluding carboxylic acids is 2. The zero-order valence-corrected chi connectivity index (χ0v) is 18.9. The van der Waals surface area contributed by atoms with Crippen LogP contribution in [-0.4, -0.2) is 47.5 Å². The first-order chi connectivity index (χ1) is 14.5. The number of amides is 2. The van der Waals surface area contributed by atoms with Gasteiger partial charge in [-0.15, -0.1) is 0 Å². The zero-order chi connectivity index (χ0) is 22.6. The van der Waals surface area contributed by atoms with Crippen molar-refractivity contribution in [2.24, 2.45) is 22.6 Å². The van der Waals surface area contributed by atoms with E-state index in [9.17, 15) is 9.59 Å². The van der Waals surface area contributed by atoms with Crippen molar-refractivity contribution >= 4 is 17.8 Å². The third-order valence-electron chi connectivity index (χ3n) is 6.25. The summed E-state index contributed by atoms with van der Waals surface area (Å²) in [7, 11) is 1.62. The van der Waals surface area contributed by atoms with Crippen LogP contribution in [-0.2, 0) is 9.59 Å². The van der Waals surface area contributed by atoms with Gasteiger partial charge >= 0.3 is 0 Å². The maximum Gasteiger partial charge on any atom is 0.231 e. The van der Waals surface area contributed by atoms with Gasteiger partial charge in [0.1, 0.15) is 17.1 Å². The molecule has 0 saturated heterocycles. The highest BCUT2D eigenvalue weighted by Gasteiger charge is 2.47. The summed E-state index contributed by atoms with van der Waals surface area (Å²) >= 11 is 0. The molecule has 31 heavy (non-hydrogen) atoms. The minimum absolute atomic E-state index is 0.00939. The van der Waals surface area contributed by atoms with E-state index in [1.165, 1.54) is 4.90 Å². The Morgan fingerprint density at radius 2 is 2.10 bits per heavy atom. The molecule has 0 aromatic heterocycles. The highest BCUT2D eigenvalue weighted by molar-refractivity contribution is 5.99. The van der Waals surface area contributed by atoms with Crippen LogP contribution in [0.4, 0.5) is 0 Å². The second-order valence-electron chi connectivity index (χ2n) is 10.1. The summed E-state index contributed by atoms with van der Waals surface area (Å²) in [5.41, 5.74) is 6.03. The van der Waals surface area contributed by atoms with E-state index >= 15 is 0 Å². The third kappa shape index (κ3) is 4.34. The summed E-state index contributed by atoms with van der Waals surface area (Å²) in [5, 5.41) is 3.21. The largest absolute Gasteiger partial charge is 0.496 e. The summed E-state index contributed by atoms with van der Waals surface area (Å²) in [6, 6.07) is 5.47. The van der Waals surface area contributed by atoms with Gasteiger partial charge in [0.15, 0.2) is 5.96 Å². The van der Waals surface area contributed by atoms with E-state index in [1.54, 1.807) is 7.11 Å². The van der Waals surface area contributed by atoms with Crippen LogP contribution in [0.5, 0.6) is 11.5 Å². The molecule has 1 aliphatic carbocycles. The van der Waals surface area contributed by atoms with Crippen molar-refractivity contribution in [3.63, 3.8) is 0 Å². The number of benzene rings is 1. The predicted molar refractivity (Wildman–Crippen MR) is 117 cm³/mol. The van der Waals surface area contributed by atoms with Gasteiger partial charge in [0.05, 0.1) is 30.7 Å². The van der Waals surface area contributed by atoms with Gasteiger partial charge in [0.25, 0.3) is 0 Å². The van der Waals surface area contributed by atoms with Crippen molar-refractivity contribution in [3.8, 4) is 11.5 Å². The molecule has 0 bridgehead atoms. The lowest BCUT2D eigenvalue weighted by atomic mass is 9.89. The number of fused-ring (bicyclic) bond motifs is 1. The topological polar surface area (TPSA) is 106 Å². The van der Waals surface area contributed by atoms with Crippen molar-refractivity contribution < 1.29 is 19.1 Å². The zero-order valence-electron chi connectivity index (χ0n) is 18.9. The SMILES string of the molecule is COc1cccc2c1[C@@H](NC(=O)[C@H]1C[C@@H]1CN1C(=O)CC(C)(C)N=C1N)CC(C)(C)O2. The Morgan fingerprint density at radius 3 is 2.77 bits per heavy atom. The molecule has 3 N–H and O–H groups in total. The minimum atomic E-state index is -0.472. The van der Waals surface area contributed by atoms with E-state index in [4.69, 9.17) is 15.2 Å². The molecule has 3 atom stereocenters. The summed E-state index contributed by atoms with van der Waals surface area (Å²) < 4.78 is 11.6. The van der Waals surface area contributed by atoms with Gasteiger partial charge in [-0.1, -0.05) is 6.07 Å². The lowest BCUT2D eigenvalue weighted by molar-refractivity contribution is -0.130. The normalized spacial score (nSPS) is 28.2. The van der Waals surface area contributed by atoms with Crippen LogP contribution in [0.1, 0.15) is 58.6 Å². The molecule has 3 aliphatic rings. The maximum atomic E-state index is 13.1. The van der Waals surface area contributed by atoms with Crippen LogP contribution in [0.3, 0.4) is 0 Å². The number of nitrogens with two attached hydrogens (primary N) is 1. The number of hydrogen-bond donors (Lipinski definition) is 2. The molecule has 0 radical (unpaired) electrons. The van der Waals surface area contributed by atoms with Crippen LogP contribution in [0.2, 0.25) is 0 Å². The number of methoxy groups -OCH3 is 1. The summed E-state index contributed by atoms with van der Waals surface area (Å²) in [4.78, 5) is 31.5. The van der Waals surface area contributed by atoms with E-state index in [1.807, 2.05) is 45.9 Å². The molecule has 4 rings (SSSR count). The van der Waals surface area contributed by atoms with Gasteiger partial charge in [-0.05, 0) is 52.2 Å². The molecule has 0 spiro atoms. The van der Waals surface area contributed by atoms with E-state index < -0.39 is 11.1 Å². The number of hydrogen-bond acceptors (Lipinski definition) is 6. The first kappa shape index (κ1) is 21.5. The van der Waals surface area contributed by atoms with Gasteiger partial charge in [0, 0.05) is 18.9 Å². The van der Waals surface area contributed by atoms with E-state index in [2.05, 4.69) is 10.3 Å². The summed E-state index contributed by atoms with van der Waals surface area (Å²) in [6.07, 6.45) is 1.70. The fourth-order valence-electron chi connectivity index (χ4n) is 4.67. The standard InChI is InChI=1S/C23H32N4O4/c1-22(2)11-18(28)27(21(24)26-22)12-13-9-14(13)20(29)25-15-10-23(3,4)31-17-8-6-7-16(30-5)19(15)17/h6-8,13-15H,9-12H2,1-5H3,(H2,24,26)(H,25,29)/t13-,14+,15+/m1/s1. The summed E-state index contributed by atoms with van der Waals surface area (Å²) in [5.74, 6) is 1.59. The second-order valence-corrected chi connectivity index (χ2v) is 10.1. The highest BCUT2D eigenvalue weighted by atomic mass is 16.5. The van der Waals surface area contributed by atoms with Crippen LogP contribution >= 0.6 is 0 Å². The molecule has 168 valence electrons. The quantitative estimate of drug-likeness (QED) is 0.749. The number of ether oxygens (including phenoxy) is 2. The second kappa shape index (κ2) is 7.43. The number of aliphatic imine (C=N–C) groups is 1. The van der Waals surface area contributed by atoms with Crippen molar-refractivity contribution in [1.82, 2.24) is 10.2 Å². The Morgan fingerprint density at radius 1 is 1.35 bits per heavy atom. The number of nitrogens with zero attached hydrogens (tertiary/aromatic N) is 2. The van der Waals surface area contributed by atoms with E-state index in [-0.39, 0.29) is 35.7 Å². The van der Waals surface area contributed by atoms with Crippen molar-refractivity contribution in [2.45, 2.75) is 64.1 Å². The molecule has 1 fully saturated rings. The fraction of sp³-hybridized carbons (Fsp3) is 0.609. The van der Waals surface area contributed by atoms with Crippen molar-refractivity contribution in [2.75, 3.05) is 13.7 Å². The smallest absolute Gasteiger partial charge is 0.231 e. The van der Waals surface area contributed by atoms with Crippen LogP contribution < -0.4 is 20.5 Å². The van der Waals surface area contributed by atoms with Gasteiger partial charge in [-0.25, -0.2) is 4.99 Å². The number of rotatable bonds is 5. The summed E-state index contributed by atoms with van der Waals surface area (Å²) in [6.45, 7) is 8.25. The molecular formula is C23H32N4O4. The molecule has 2 amide bonds. The van der Waals surface area contributed by atoms with Gasteiger partial charge in [0.2, 0.25) is 11.8 Å². The van der Waals surface area contributed by atoms with Crippen LogP contribution in [0.15, 0.2) is 23.2 Å². The predicted octanol–water partition coefficient (Wildman–Crippen LogP) is 2.38. The van der Waals surface area contributed by atoms with Crippen LogP contribution in [0, 0.1) is 11.8 Å². The Hall–Kier alpha value is -2.77. The molecule has 1 aromatic carbocycles. The number of nitrogens with one attached hydrogen (secondary N) is 1. The molecule has 1 saturated carbocycles. The molecule has 0 unspecified atom stereocenters. The minimum Gasteiger partial charge on any atom is -0.496 e. The van der Waals surface area contributed by atoms with E-state index in [0.29, 0.717) is 25.1 Å². The molecule has 8 heteroatoms. The Balaban J connectivity index is 1.44. The third-order valence-corrected chi connectivity index (χ3v) is 6.25. The van der Waals surface area contributed by atoms with Gasteiger partial charge < -0.3 is 20.5 Å². The lowest BCUT2D eigenvalue weighted by Crippen LogP contribution is -2.50. The first-order valence-corrected chi connectivity index (χ1v) is 10.8. The Labute approximate surface area is 183 Å². The van der Waals surface area contributed by atoms with Crippen LogP contribution in [0.25, 0.3) is 0 Å². The highest BCUT2D eigenvalue weighted by Crippen LogP contribution is 2.46. The van der Waals surface area contributed by atoms with Crippen molar-refractivity contribution in [1.29, 1.82) is 0 Å². The number of carbonyl (C=O) groups is 2. The monoisotopic (exact) mass is 428 g/mol. The van der Waals surface area contributed by atoms with Gasteiger partial charge in [-0.3, -0.25) is 14.5 Å². The first-order valence-electron chi connectivity index (χ1n) is 10.8. The van der Waals surface area contributed by atoms with E-state index in [0.717, 1.165) is 17.7 Å². The molecule has 8 nitrogen and oxygen atoms in total. The molecule has 1 aromatic rings. The van der Waals surface area contributed by atoms with Gasteiger partial charge in [-0.2, -0.15) is 0 Å². The maximum absolute atomic E-state index is 13.1. The number of guanidine groups is 1. The average Bonchev–Trinajstić information content (AvgIpc) is 3.42. The molecular weight excluding hydrogens is 396 g/mol. The molecule has 2 heterocycles.